The van der Waals surface area contributed by atoms with Crippen LogP contribution in [-0.2, 0) is 4.79 Å². The van der Waals surface area contributed by atoms with Gasteiger partial charge in [-0.3, -0.25) is 4.79 Å². The molecule has 1 atom stereocenters. The zero-order valence-electron chi connectivity index (χ0n) is 11.9. The van der Waals surface area contributed by atoms with E-state index in [1.165, 1.54) is 24.3 Å². The summed E-state index contributed by atoms with van der Waals surface area (Å²) in [5.74, 6) is -0.762. The molecule has 0 aliphatic carbocycles. The number of hydrogen-bond acceptors (Lipinski definition) is 3. The number of carbonyl (C=O) groups excluding carboxylic acids is 1. The lowest BCUT2D eigenvalue weighted by atomic mass is 10.2. The number of carbonyl (C=O) groups is 1. The summed E-state index contributed by atoms with van der Waals surface area (Å²) in [6, 6.07) is 10.0. The molecule has 7 heteroatoms. The Morgan fingerprint density at radius 2 is 1.91 bits per heavy atom. The molecule has 23 heavy (non-hydrogen) atoms. The van der Waals surface area contributed by atoms with Crippen LogP contribution in [0.2, 0.25) is 10.0 Å². The predicted molar refractivity (Wildman–Crippen MR) is 86.3 cm³/mol. The summed E-state index contributed by atoms with van der Waals surface area (Å²) in [7, 11) is 0. The Bertz CT molecular complexity index is 770. The van der Waals surface area contributed by atoms with Gasteiger partial charge >= 0.3 is 0 Å². The second-order valence-electron chi connectivity index (χ2n) is 4.66. The lowest BCUT2D eigenvalue weighted by Gasteiger charge is -2.15. The number of anilines is 1. The van der Waals surface area contributed by atoms with Gasteiger partial charge in [-0.15, -0.1) is 0 Å². The smallest absolute Gasteiger partial charge is 0.265 e. The van der Waals surface area contributed by atoms with Gasteiger partial charge in [-0.2, -0.15) is 5.26 Å². The highest BCUT2D eigenvalue weighted by molar-refractivity contribution is 6.34. The number of nitriles is 1. The minimum absolute atomic E-state index is 0.155. The Morgan fingerprint density at radius 3 is 2.52 bits per heavy atom. The topological polar surface area (TPSA) is 62.1 Å². The van der Waals surface area contributed by atoms with Crippen molar-refractivity contribution in [2.24, 2.45) is 0 Å². The molecule has 2 aromatic rings. The van der Waals surface area contributed by atoms with Crippen molar-refractivity contribution in [1.29, 1.82) is 5.26 Å². The van der Waals surface area contributed by atoms with Crippen LogP contribution in [0.4, 0.5) is 10.1 Å². The zero-order chi connectivity index (χ0) is 17.0. The van der Waals surface area contributed by atoms with Gasteiger partial charge in [0.25, 0.3) is 5.91 Å². The molecule has 0 aliphatic rings. The van der Waals surface area contributed by atoms with E-state index in [0.717, 1.165) is 6.07 Å². The molecule has 0 saturated carbocycles. The van der Waals surface area contributed by atoms with Crippen molar-refractivity contribution in [2.45, 2.75) is 13.0 Å². The summed E-state index contributed by atoms with van der Waals surface area (Å²) < 4.78 is 18.7. The molecular formula is C16H11Cl2FN2O2. The van der Waals surface area contributed by atoms with Gasteiger partial charge in [0.05, 0.1) is 5.56 Å². The summed E-state index contributed by atoms with van der Waals surface area (Å²) in [5, 5.41) is 12.1. The molecule has 2 rings (SSSR count). The van der Waals surface area contributed by atoms with Crippen LogP contribution in [0, 0.1) is 17.1 Å². The Hall–Kier alpha value is -2.29. The first-order chi connectivity index (χ1) is 10.9. The average Bonchev–Trinajstić information content (AvgIpc) is 2.48. The summed E-state index contributed by atoms with van der Waals surface area (Å²) in [6.07, 6.45) is -0.847. The molecular weight excluding hydrogens is 342 g/mol. The number of ether oxygens (including phenoxy) is 1. The fourth-order valence-electron chi connectivity index (χ4n) is 1.79. The van der Waals surface area contributed by atoms with E-state index >= 15 is 0 Å². The van der Waals surface area contributed by atoms with E-state index in [0.29, 0.717) is 21.5 Å². The van der Waals surface area contributed by atoms with Crippen LogP contribution in [-0.4, -0.2) is 12.0 Å². The zero-order valence-corrected chi connectivity index (χ0v) is 13.5. The lowest BCUT2D eigenvalue weighted by molar-refractivity contribution is -0.122. The first-order valence-electron chi connectivity index (χ1n) is 6.52. The average molecular weight is 353 g/mol. The van der Waals surface area contributed by atoms with Gasteiger partial charge in [-0.25, -0.2) is 4.39 Å². The molecule has 118 valence electrons. The summed E-state index contributed by atoms with van der Waals surface area (Å²) >= 11 is 11.7. The highest BCUT2D eigenvalue weighted by Gasteiger charge is 2.16. The standard InChI is InChI=1S/C16H11Cl2FN2O2/c1-9(23-14-6-11(17)5-12(18)7-14)16(22)21-13-2-3-15(19)10(4-13)8-20/h2-7,9H,1H3,(H,21,22). The van der Waals surface area contributed by atoms with Crippen molar-refractivity contribution in [1.82, 2.24) is 0 Å². The van der Waals surface area contributed by atoms with Gasteiger partial charge in [-0.05, 0) is 43.3 Å². The SMILES string of the molecule is CC(Oc1cc(Cl)cc(Cl)c1)C(=O)Nc1ccc(F)c(C#N)c1. The molecule has 0 saturated heterocycles. The first kappa shape index (κ1) is 17.1. The molecule has 4 nitrogen and oxygen atoms in total. The number of amides is 1. The Labute approximate surface area is 142 Å². The number of hydrogen-bond donors (Lipinski definition) is 1. The van der Waals surface area contributed by atoms with Crippen molar-refractivity contribution in [2.75, 3.05) is 5.32 Å². The van der Waals surface area contributed by atoms with Crippen molar-refractivity contribution in [3.63, 3.8) is 0 Å². The maximum absolute atomic E-state index is 13.2. The van der Waals surface area contributed by atoms with Crippen LogP contribution in [0.1, 0.15) is 12.5 Å². The van der Waals surface area contributed by atoms with Gasteiger partial charge in [0, 0.05) is 15.7 Å². The predicted octanol–water partition coefficient (Wildman–Crippen LogP) is 4.41. The van der Waals surface area contributed by atoms with Crippen LogP contribution >= 0.6 is 23.2 Å². The van der Waals surface area contributed by atoms with Crippen molar-refractivity contribution in [3.05, 3.63) is 57.8 Å². The van der Waals surface area contributed by atoms with Crippen LogP contribution < -0.4 is 10.1 Å². The second kappa shape index (κ2) is 7.32. The number of nitrogens with one attached hydrogen (secondary N) is 1. The van der Waals surface area contributed by atoms with Crippen molar-refractivity contribution in [3.8, 4) is 11.8 Å². The number of benzene rings is 2. The van der Waals surface area contributed by atoms with E-state index in [4.69, 9.17) is 33.2 Å². The number of halogens is 3. The summed E-state index contributed by atoms with van der Waals surface area (Å²) in [4.78, 5) is 12.1. The molecule has 0 aliphatic heterocycles. The van der Waals surface area contributed by atoms with E-state index in [1.54, 1.807) is 19.1 Å². The molecule has 1 N–H and O–H groups in total. The van der Waals surface area contributed by atoms with E-state index in [1.807, 2.05) is 0 Å². The molecule has 0 bridgehead atoms. The molecule has 1 unspecified atom stereocenters. The molecule has 0 heterocycles. The largest absolute Gasteiger partial charge is 0.481 e. The normalized spacial score (nSPS) is 11.4. The van der Waals surface area contributed by atoms with E-state index < -0.39 is 17.8 Å². The number of rotatable bonds is 4. The molecule has 0 spiro atoms. The van der Waals surface area contributed by atoms with E-state index in [2.05, 4.69) is 5.32 Å². The van der Waals surface area contributed by atoms with Crippen LogP contribution in [0.5, 0.6) is 5.75 Å². The highest BCUT2D eigenvalue weighted by atomic mass is 35.5. The van der Waals surface area contributed by atoms with Crippen LogP contribution in [0.15, 0.2) is 36.4 Å². The van der Waals surface area contributed by atoms with Crippen LogP contribution in [0.25, 0.3) is 0 Å². The van der Waals surface area contributed by atoms with Crippen molar-refractivity contribution >= 4 is 34.8 Å². The molecule has 0 fully saturated rings. The van der Waals surface area contributed by atoms with Gasteiger partial charge in [-0.1, -0.05) is 23.2 Å². The third kappa shape index (κ3) is 4.59. The Balaban J connectivity index is 2.07. The van der Waals surface area contributed by atoms with Crippen LogP contribution in [0.3, 0.4) is 0 Å². The first-order valence-corrected chi connectivity index (χ1v) is 7.28. The quantitative estimate of drug-likeness (QED) is 0.886. The van der Waals surface area contributed by atoms with E-state index in [-0.39, 0.29) is 5.56 Å². The summed E-state index contributed by atoms with van der Waals surface area (Å²) in [5.41, 5.74) is 0.144. The third-order valence-electron chi connectivity index (χ3n) is 2.87. The van der Waals surface area contributed by atoms with Crippen molar-refractivity contribution < 1.29 is 13.9 Å². The summed E-state index contributed by atoms with van der Waals surface area (Å²) in [6.45, 7) is 1.54. The van der Waals surface area contributed by atoms with Gasteiger partial charge in [0.2, 0.25) is 0 Å². The minimum Gasteiger partial charge on any atom is -0.481 e. The highest BCUT2D eigenvalue weighted by Crippen LogP contribution is 2.25. The molecule has 0 aromatic heterocycles. The maximum Gasteiger partial charge on any atom is 0.265 e. The Morgan fingerprint density at radius 1 is 1.26 bits per heavy atom. The minimum atomic E-state index is -0.847. The fraction of sp³-hybridized carbons (Fsp3) is 0.125. The number of nitrogens with zero attached hydrogens (tertiary/aromatic N) is 1. The molecule has 1 amide bonds. The lowest BCUT2D eigenvalue weighted by Crippen LogP contribution is -2.30. The fourth-order valence-corrected chi connectivity index (χ4v) is 2.29. The Kier molecular flexibility index (Phi) is 5.43. The van der Waals surface area contributed by atoms with Gasteiger partial charge in [0.1, 0.15) is 17.6 Å². The van der Waals surface area contributed by atoms with Gasteiger partial charge < -0.3 is 10.1 Å². The third-order valence-corrected chi connectivity index (χ3v) is 3.31. The van der Waals surface area contributed by atoms with E-state index in [9.17, 15) is 9.18 Å². The second-order valence-corrected chi connectivity index (χ2v) is 5.53. The maximum atomic E-state index is 13.2. The molecule has 2 aromatic carbocycles. The monoisotopic (exact) mass is 352 g/mol. The van der Waals surface area contributed by atoms with Gasteiger partial charge in [0.15, 0.2) is 6.10 Å². The molecule has 0 radical (unpaired) electrons.